The van der Waals surface area contributed by atoms with Crippen LogP contribution in [0.3, 0.4) is 0 Å². The molecule has 0 bridgehead atoms. The molecular weight excluding hydrogens is 787 g/mol. The fraction of sp³-hybridized carbons (Fsp3) is 0.634. The molecule has 1 aromatic heterocycles. The lowest BCUT2D eigenvalue weighted by molar-refractivity contribution is -0.149. The number of hydrogen-bond donors (Lipinski definition) is 3. The summed E-state index contributed by atoms with van der Waals surface area (Å²) in [6.07, 6.45) is 6.07. The number of ether oxygens (including phenoxy) is 5. The molecule has 2 saturated carbocycles. The number of nitrogens with zero attached hydrogens (tertiary/aromatic N) is 3. The number of amides is 4. The van der Waals surface area contributed by atoms with Gasteiger partial charge in [-0.15, -0.1) is 0 Å². The number of carbonyl (C=O) groups is 4. The molecule has 18 heteroatoms. The first-order valence-corrected chi connectivity index (χ1v) is 21.8. The highest BCUT2D eigenvalue weighted by molar-refractivity contribution is 7.91. The van der Waals surface area contributed by atoms with Crippen molar-refractivity contribution in [1.82, 2.24) is 24.8 Å². The molecule has 3 N–H and O–H groups in total. The average molecular weight is 842 g/mol. The summed E-state index contributed by atoms with van der Waals surface area (Å²) in [6.45, 7) is 6.26. The number of nitrogens with one attached hydrogen (secondary N) is 2. The maximum atomic E-state index is 15.1. The normalized spacial score (nSPS) is 30.0. The molecule has 17 nitrogen and oxygen atoms in total. The molecule has 7 atom stereocenters. The second kappa shape index (κ2) is 16.8. The zero-order valence-electron chi connectivity index (χ0n) is 34.2. The smallest absolute Gasteiger partial charge is 0.408 e. The summed E-state index contributed by atoms with van der Waals surface area (Å²) in [6, 6.07) is 2.37. The highest BCUT2D eigenvalue weighted by Gasteiger charge is 2.63. The highest BCUT2D eigenvalue weighted by atomic mass is 32.2. The van der Waals surface area contributed by atoms with Crippen molar-refractivity contribution in [3.63, 3.8) is 0 Å². The molecule has 0 spiro atoms. The van der Waals surface area contributed by atoms with Crippen molar-refractivity contribution in [2.75, 3.05) is 47.2 Å². The largest absolute Gasteiger partial charge is 0.497 e. The van der Waals surface area contributed by atoms with E-state index in [0.717, 1.165) is 6.42 Å². The highest BCUT2D eigenvalue weighted by Crippen LogP contribution is 2.48. The lowest BCUT2D eigenvalue weighted by atomic mass is 9.86. The van der Waals surface area contributed by atoms with Gasteiger partial charge >= 0.3 is 6.09 Å². The van der Waals surface area contributed by atoms with Crippen LogP contribution in [0.4, 0.5) is 4.79 Å². The van der Waals surface area contributed by atoms with Crippen molar-refractivity contribution < 1.29 is 56.4 Å². The molecule has 0 unspecified atom stereocenters. The van der Waals surface area contributed by atoms with Crippen molar-refractivity contribution in [1.29, 1.82) is 0 Å². The summed E-state index contributed by atoms with van der Waals surface area (Å²) in [7, 11) is -0.921. The van der Waals surface area contributed by atoms with Gasteiger partial charge in [-0.3, -0.25) is 24.0 Å². The third-order valence-electron chi connectivity index (χ3n) is 12.6. The number of allylic oxidation sites excluding steroid dienone is 1. The van der Waals surface area contributed by atoms with Gasteiger partial charge in [0.15, 0.2) is 0 Å². The predicted octanol–water partition coefficient (Wildman–Crippen LogP) is 3.25. The minimum atomic E-state index is -4.04. The second-order valence-electron chi connectivity index (χ2n) is 17.0. The Balaban J connectivity index is 1.25. The Morgan fingerprint density at radius 2 is 1.88 bits per heavy atom. The first-order chi connectivity index (χ1) is 28.1. The van der Waals surface area contributed by atoms with E-state index in [1.807, 2.05) is 26.0 Å². The van der Waals surface area contributed by atoms with Gasteiger partial charge in [-0.25, -0.2) is 18.2 Å². The maximum absolute atomic E-state index is 15.1. The van der Waals surface area contributed by atoms with Crippen molar-refractivity contribution >= 4 is 44.6 Å². The summed E-state index contributed by atoms with van der Waals surface area (Å²) in [5.74, 6) is -1.69. The fourth-order valence-electron chi connectivity index (χ4n) is 8.56. The van der Waals surface area contributed by atoms with Crippen LogP contribution in [-0.2, 0) is 33.9 Å². The molecular formula is C41H55N5O12S. The van der Waals surface area contributed by atoms with Crippen LogP contribution >= 0.6 is 0 Å². The molecule has 7 rings (SSSR count). The Morgan fingerprint density at radius 1 is 1.12 bits per heavy atom. The number of hydrogen-bond acceptors (Lipinski definition) is 12. The van der Waals surface area contributed by atoms with Crippen LogP contribution in [-0.4, -0.2) is 134 Å². The molecule has 322 valence electrons. The lowest BCUT2D eigenvalue weighted by Gasteiger charge is -2.43. The Labute approximate surface area is 344 Å². The van der Waals surface area contributed by atoms with Crippen molar-refractivity contribution in [2.24, 2.45) is 17.8 Å². The van der Waals surface area contributed by atoms with Gasteiger partial charge in [-0.2, -0.15) is 0 Å². The minimum Gasteiger partial charge on any atom is -0.497 e. The summed E-state index contributed by atoms with van der Waals surface area (Å²) in [5, 5.41) is 14.7. The van der Waals surface area contributed by atoms with Gasteiger partial charge in [0.25, 0.3) is 5.91 Å². The second-order valence-corrected chi connectivity index (χ2v) is 19.2. The molecule has 5 aliphatic rings. The van der Waals surface area contributed by atoms with E-state index in [9.17, 15) is 27.9 Å². The number of aromatic nitrogens is 1. The molecule has 3 aliphatic heterocycles. The van der Waals surface area contributed by atoms with E-state index >= 15 is 4.79 Å². The number of pyridine rings is 1. The number of rotatable bonds is 12. The lowest BCUT2D eigenvalue weighted by Crippen LogP contribution is -2.63. The predicted molar refractivity (Wildman–Crippen MR) is 213 cm³/mol. The van der Waals surface area contributed by atoms with Crippen LogP contribution in [0, 0.1) is 17.8 Å². The SMILES string of the molecule is COCCOc1cnc(O[C@@H]2C[C@H]3C(=O)N[C@]4(C(=O)NS(=O)(=O)C5(C)CC5)C[C@H]4/C=C\CC[C@@H](C)C[C@@H](C)[C@H](N(C(=O)O)C4COC4)C(=O)N3C2)c2ccc(OC)cc12. The quantitative estimate of drug-likeness (QED) is 0.207. The molecule has 4 amide bonds. The summed E-state index contributed by atoms with van der Waals surface area (Å²) in [5.41, 5.74) is -1.58. The minimum absolute atomic E-state index is 0.0331. The molecule has 0 radical (unpaired) electrons. The fourth-order valence-corrected chi connectivity index (χ4v) is 9.87. The van der Waals surface area contributed by atoms with E-state index in [1.54, 1.807) is 39.3 Å². The van der Waals surface area contributed by atoms with Crippen LogP contribution in [0.5, 0.6) is 17.4 Å². The van der Waals surface area contributed by atoms with E-state index in [4.69, 9.17) is 23.7 Å². The monoisotopic (exact) mass is 841 g/mol. The van der Waals surface area contributed by atoms with Crippen molar-refractivity contribution in [2.45, 2.75) is 100 Å². The van der Waals surface area contributed by atoms with Gasteiger partial charge in [0.1, 0.15) is 41.8 Å². The third kappa shape index (κ3) is 8.53. The van der Waals surface area contributed by atoms with E-state index in [-0.39, 0.29) is 51.0 Å². The number of fused-ring (bicyclic) bond motifs is 3. The molecule has 2 aliphatic carbocycles. The molecule has 2 saturated heterocycles. The van der Waals surface area contributed by atoms with Gasteiger partial charge in [0, 0.05) is 30.2 Å². The molecule has 2 aromatic rings. The van der Waals surface area contributed by atoms with E-state index in [0.29, 0.717) is 54.6 Å². The summed E-state index contributed by atoms with van der Waals surface area (Å²) < 4.78 is 56.2. The summed E-state index contributed by atoms with van der Waals surface area (Å²) >= 11 is 0. The molecule has 1 aromatic carbocycles. The first kappa shape index (κ1) is 42.4. The average Bonchev–Trinajstić information content (AvgIpc) is 4.05. The topological polar surface area (TPSA) is 212 Å². The van der Waals surface area contributed by atoms with Gasteiger partial charge in [0.2, 0.25) is 27.7 Å². The number of carbonyl (C=O) groups excluding carboxylic acids is 3. The van der Waals surface area contributed by atoms with Gasteiger partial charge in [-0.05, 0) is 75.5 Å². The zero-order valence-corrected chi connectivity index (χ0v) is 35.0. The Kier molecular flexibility index (Phi) is 12.1. The Bertz CT molecular complexity index is 2090. The first-order valence-electron chi connectivity index (χ1n) is 20.3. The maximum Gasteiger partial charge on any atom is 0.408 e. The molecule has 4 heterocycles. The van der Waals surface area contributed by atoms with E-state index in [2.05, 4.69) is 15.0 Å². The summed E-state index contributed by atoms with van der Waals surface area (Å²) in [4.78, 5) is 63.9. The standard InChI is InChI=1S/C41H55N5O12S/c1-24-8-6-7-9-26-19-41(26,38(49)44-59(52,53)40(3)12-13-40)43-35(47)32-18-29(21-45(32)37(48)34(25(2)16-24)46(39(50)51)27-22-56-23-27)58-36-30-11-10-28(55-5)17-31(30)33(20-42-36)57-15-14-54-4/h7,9-11,17,20,24-27,29,32,34H,6,8,12-16,18-19,21-23H2,1-5H3,(H,43,47)(H,44,49)(H,50,51)/b9-7-/t24-,25-,26-,29-,32+,34+,41-/m1/s1. The van der Waals surface area contributed by atoms with E-state index < -0.39 is 80.2 Å². The van der Waals surface area contributed by atoms with Gasteiger partial charge in [0.05, 0.1) is 50.5 Å². The number of carboxylic acid groups (broad SMARTS) is 1. The van der Waals surface area contributed by atoms with E-state index in [1.165, 1.54) is 16.0 Å². The Morgan fingerprint density at radius 3 is 2.54 bits per heavy atom. The van der Waals surface area contributed by atoms with Crippen LogP contribution < -0.4 is 24.2 Å². The van der Waals surface area contributed by atoms with Crippen LogP contribution in [0.1, 0.15) is 65.7 Å². The third-order valence-corrected chi connectivity index (χ3v) is 14.7. The Hall–Kier alpha value is -4.68. The zero-order chi connectivity index (χ0) is 42.3. The van der Waals surface area contributed by atoms with Crippen molar-refractivity contribution in [3.05, 3.63) is 36.5 Å². The number of sulfonamides is 1. The van der Waals surface area contributed by atoms with Gasteiger partial charge < -0.3 is 39.0 Å². The van der Waals surface area contributed by atoms with Crippen LogP contribution in [0.15, 0.2) is 36.5 Å². The van der Waals surface area contributed by atoms with Crippen molar-refractivity contribution in [3.8, 4) is 17.4 Å². The number of benzene rings is 1. The molecule has 59 heavy (non-hydrogen) atoms. The molecule has 4 fully saturated rings. The van der Waals surface area contributed by atoms with Crippen LogP contribution in [0.25, 0.3) is 10.8 Å². The van der Waals surface area contributed by atoms with Crippen LogP contribution in [0.2, 0.25) is 0 Å². The number of methoxy groups -OCH3 is 2. The van der Waals surface area contributed by atoms with Gasteiger partial charge in [-0.1, -0.05) is 26.0 Å².